The monoisotopic (exact) mass is 337 g/mol. The van der Waals surface area contributed by atoms with E-state index in [1.54, 1.807) is 6.07 Å². The number of hydrogen-bond donors (Lipinski definition) is 3. The molecule has 9 heteroatoms. The molecule has 0 aliphatic carbocycles. The molecule has 0 spiro atoms. The molecule has 0 fully saturated rings. The van der Waals surface area contributed by atoms with E-state index in [9.17, 15) is 9.18 Å². The van der Waals surface area contributed by atoms with Gasteiger partial charge in [0, 0.05) is 0 Å². The number of halogens is 2. The van der Waals surface area contributed by atoms with Gasteiger partial charge < -0.3 is 11.1 Å². The Kier molecular flexibility index (Phi) is 3.78. The molecule has 0 bridgehead atoms. The Hall–Kier alpha value is -2.45. The number of nitrogens with zero attached hydrogens (tertiary/aromatic N) is 2. The van der Waals surface area contributed by atoms with Crippen LogP contribution in [-0.4, -0.2) is 16.0 Å². The maximum Gasteiger partial charge on any atom is 0.324 e. The summed E-state index contributed by atoms with van der Waals surface area (Å²) < 4.78 is 13.9. The predicted octanol–water partition coefficient (Wildman–Crippen LogP) is 3.71. The number of rotatable bonds is 2. The van der Waals surface area contributed by atoms with E-state index in [2.05, 4.69) is 20.6 Å². The molecule has 4 N–H and O–H groups in total. The van der Waals surface area contributed by atoms with Crippen LogP contribution in [-0.2, 0) is 0 Å². The van der Waals surface area contributed by atoms with E-state index in [4.69, 9.17) is 17.3 Å². The van der Waals surface area contributed by atoms with E-state index in [1.807, 2.05) is 5.38 Å². The average molecular weight is 338 g/mol. The minimum absolute atomic E-state index is 0.0465. The molecule has 2 heterocycles. The summed E-state index contributed by atoms with van der Waals surface area (Å²) in [6.45, 7) is 0. The minimum Gasteiger partial charge on any atom is -0.396 e. The van der Waals surface area contributed by atoms with E-state index in [0.717, 1.165) is 4.83 Å². The minimum atomic E-state index is -0.786. The van der Waals surface area contributed by atoms with Gasteiger partial charge in [-0.25, -0.2) is 19.2 Å². The zero-order valence-electron chi connectivity index (χ0n) is 10.9. The summed E-state index contributed by atoms with van der Waals surface area (Å²) in [4.78, 5) is 20.8. The number of aromatic nitrogens is 2. The van der Waals surface area contributed by atoms with E-state index in [-0.39, 0.29) is 16.4 Å². The topological polar surface area (TPSA) is 92.9 Å². The lowest BCUT2D eigenvalue weighted by Crippen LogP contribution is -2.21. The standard InChI is InChI=1S/C13H9ClFN5OS/c14-7-1-2-8(16)9(15)10(7)19-13(21)20-11-6-3-4-22-12(6)18-5-17-11/h1-5H,16H2,(H2,17,18,19,20,21). The molecule has 1 aromatic carbocycles. The Balaban J connectivity index is 1.84. The van der Waals surface area contributed by atoms with Gasteiger partial charge in [0.1, 0.15) is 17.0 Å². The molecule has 22 heavy (non-hydrogen) atoms. The number of urea groups is 1. The second-order valence-electron chi connectivity index (χ2n) is 4.27. The Morgan fingerprint density at radius 2 is 2.09 bits per heavy atom. The van der Waals surface area contributed by atoms with Crippen LogP contribution in [0.25, 0.3) is 10.2 Å². The third-order valence-corrected chi connectivity index (χ3v) is 3.99. The van der Waals surface area contributed by atoms with Crippen molar-refractivity contribution in [1.82, 2.24) is 9.97 Å². The van der Waals surface area contributed by atoms with Crippen LogP contribution in [0.5, 0.6) is 0 Å². The zero-order valence-corrected chi connectivity index (χ0v) is 12.5. The highest BCUT2D eigenvalue weighted by Crippen LogP contribution is 2.29. The first-order chi connectivity index (χ1) is 10.6. The normalized spacial score (nSPS) is 10.6. The molecule has 0 aliphatic heterocycles. The van der Waals surface area contributed by atoms with E-state index >= 15 is 0 Å². The van der Waals surface area contributed by atoms with Crippen LogP contribution in [0.1, 0.15) is 0 Å². The van der Waals surface area contributed by atoms with Crippen molar-refractivity contribution in [3.8, 4) is 0 Å². The number of nitrogens with two attached hydrogens (primary N) is 1. The van der Waals surface area contributed by atoms with Crippen LogP contribution >= 0.6 is 22.9 Å². The summed E-state index contributed by atoms with van der Waals surface area (Å²) >= 11 is 7.28. The lowest BCUT2D eigenvalue weighted by Gasteiger charge is -2.11. The fourth-order valence-corrected chi connectivity index (χ4v) is 2.75. The first-order valence-corrected chi connectivity index (χ1v) is 7.31. The predicted molar refractivity (Wildman–Crippen MR) is 85.9 cm³/mol. The van der Waals surface area contributed by atoms with Gasteiger partial charge in [-0.05, 0) is 23.6 Å². The summed E-state index contributed by atoms with van der Waals surface area (Å²) in [5.74, 6) is -0.463. The number of nitrogens with one attached hydrogen (secondary N) is 2. The Labute approximate surface area is 133 Å². The molecule has 6 nitrogen and oxygen atoms in total. The SMILES string of the molecule is Nc1ccc(Cl)c(NC(=O)Nc2ncnc3sccc23)c1F. The quantitative estimate of drug-likeness (QED) is 0.621. The lowest BCUT2D eigenvalue weighted by atomic mass is 10.2. The van der Waals surface area contributed by atoms with Gasteiger partial charge in [-0.15, -0.1) is 11.3 Å². The molecular formula is C13H9ClFN5OS. The van der Waals surface area contributed by atoms with Gasteiger partial charge in [0.2, 0.25) is 0 Å². The number of carbonyl (C=O) groups excluding carboxylic acids is 1. The summed E-state index contributed by atoms with van der Waals surface area (Å²) in [5, 5.41) is 7.44. The van der Waals surface area contributed by atoms with Gasteiger partial charge in [0.05, 0.1) is 21.8 Å². The van der Waals surface area contributed by atoms with Crippen molar-refractivity contribution >= 4 is 56.4 Å². The molecule has 112 valence electrons. The van der Waals surface area contributed by atoms with Gasteiger partial charge in [-0.1, -0.05) is 11.6 Å². The highest BCUT2D eigenvalue weighted by atomic mass is 35.5. The van der Waals surface area contributed by atoms with Crippen molar-refractivity contribution in [2.75, 3.05) is 16.4 Å². The highest BCUT2D eigenvalue weighted by molar-refractivity contribution is 7.16. The zero-order chi connectivity index (χ0) is 15.7. The summed E-state index contributed by atoms with van der Waals surface area (Å²) in [7, 11) is 0. The number of anilines is 3. The molecule has 2 aromatic heterocycles. The van der Waals surface area contributed by atoms with Crippen LogP contribution in [0, 0.1) is 5.82 Å². The molecule has 3 rings (SSSR count). The Morgan fingerprint density at radius 1 is 1.27 bits per heavy atom. The van der Waals surface area contributed by atoms with Crippen molar-refractivity contribution in [3.05, 3.63) is 40.7 Å². The molecule has 0 saturated carbocycles. The number of amides is 2. The number of carbonyl (C=O) groups is 1. The van der Waals surface area contributed by atoms with Crippen LogP contribution in [0.3, 0.4) is 0 Å². The number of benzene rings is 1. The van der Waals surface area contributed by atoms with Crippen molar-refractivity contribution in [1.29, 1.82) is 0 Å². The highest BCUT2D eigenvalue weighted by Gasteiger charge is 2.15. The fraction of sp³-hybridized carbons (Fsp3) is 0. The number of thiophene rings is 1. The lowest BCUT2D eigenvalue weighted by molar-refractivity contribution is 0.262. The van der Waals surface area contributed by atoms with Gasteiger partial charge in [-0.2, -0.15) is 0 Å². The number of nitrogen functional groups attached to an aromatic ring is 1. The first-order valence-electron chi connectivity index (χ1n) is 6.06. The average Bonchev–Trinajstić information content (AvgIpc) is 2.97. The largest absolute Gasteiger partial charge is 0.396 e. The van der Waals surface area contributed by atoms with Crippen LogP contribution in [0.4, 0.5) is 26.4 Å². The summed E-state index contributed by atoms with van der Waals surface area (Å²) in [6, 6.07) is 3.82. The smallest absolute Gasteiger partial charge is 0.324 e. The van der Waals surface area contributed by atoms with Gasteiger partial charge in [-0.3, -0.25) is 5.32 Å². The van der Waals surface area contributed by atoms with Crippen LogP contribution in [0.15, 0.2) is 29.9 Å². The first kappa shape index (κ1) is 14.5. The molecule has 0 atom stereocenters. The summed E-state index contributed by atoms with van der Waals surface area (Å²) in [6.07, 6.45) is 1.34. The van der Waals surface area contributed by atoms with E-state index in [1.165, 1.54) is 29.8 Å². The van der Waals surface area contributed by atoms with Gasteiger partial charge >= 0.3 is 6.03 Å². The maximum atomic E-state index is 13.9. The second-order valence-corrected chi connectivity index (χ2v) is 5.57. The molecule has 0 saturated heterocycles. The molecular weight excluding hydrogens is 329 g/mol. The fourth-order valence-electron chi connectivity index (χ4n) is 1.83. The third kappa shape index (κ3) is 2.66. The van der Waals surface area contributed by atoms with Crippen molar-refractivity contribution < 1.29 is 9.18 Å². The van der Waals surface area contributed by atoms with Crippen molar-refractivity contribution in [2.45, 2.75) is 0 Å². The second kappa shape index (κ2) is 5.74. The summed E-state index contributed by atoms with van der Waals surface area (Å²) in [5.41, 5.74) is 5.16. The van der Waals surface area contributed by atoms with Gasteiger partial charge in [0.25, 0.3) is 0 Å². The maximum absolute atomic E-state index is 13.9. The van der Waals surface area contributed by atoms with Crippen molar-refractivity contribution in [3.63, 3.8) is 0 Å². The van der Waals surface area contributed by atoms with Crippen molar-refractivity contribution in [2.24, 2.45) is 0 Å². The molecule has 0 aliphatic rings. The van der Waals surface area contributed by atoms with Crippen LogP contribution in [0.2, 0.25) is 5.02 Å². The third-order valence-electron chi connectivity index (χ3n) is 2.85. The van der Waals surface area contributed by atoms with Gasteiger partial charge in [0.15, 0.2) is 5.82 Å². The molecule has 3 aromatic rings. The van der Waals surface area contributed by atoms with E-state index < -0.39 is 11.8 Å². The number of fused-ring (bicyclic) bond motifs is 1. The Bertz CT molecular complexity index is 869. The number of hydrogen-bond acceptors (Lipinski definition) is 5. The molecule has 2 amide bonds. The molecule has 0 radical (unpaired) electrons. The van der Waals surface area contributed by atoms with Crippen LogP contribution < -0.4 is 16.4 Å². The molecule has 0 unspecified atom stereocenters. The Morgan fingerprint density at radius 3 is 2.91 bits per heavy atom. The van der Waals surface area contributed by atoms with E-state index in [0.29, 0.717) is 11.2 Å².